The predicted octanol–water partition coefficient (Wildman–Crippen LogP) is 4.86. The van der Waals surface area contributed by atoms with Crippen molar-refractivity contribution < 1.29 is 9.84 Å². The molecule has 0 amide bonds. The first-order chi connectivity index (χ1) is 13.6. The zero-order chi connectivity index (χ0) is 19.8. The molecule has 0 heterocycles. The Morgan fingerprint density at radius 1 is 0.821 bits per heavy atom. The Morgan fingerprint density at radius 3 is 2.07 bits per heavy atom. The molecule has 0 spiro atoms. The number of aliphatic hydroxyl groups excluding tert-OH is 1. The van der Waals surface area contributed by atoms with Crippen LogP contribution >= 0.6 is 0 Å². The lowest BCUT2D eigenvalue weighted by atomic mass is 10.0. The van der Waals surface area contributed by atoms with Crippen LogP contribution in [0.15, 0.2) is 84.9 Å². The highest BCUT2D eigenvalue weighted by molar-refractivity contribution is 5.27. The van der Waals surface area contributed by atoms with Crippen molar-refractivity contribution in [2.75, 3.05) is 13.7 Å². The summed E-state index contributed by atoms with van der Waals surface area (Å²) >= 11 is 0. The minimum Gasteiger partial charge on any atom is -0.493 e. The van der Waals surface area contributed by atoms with Crippen LogP contribution in [0, 0.1) is 0 Å². The molecule has 0 aliphatic rings. The van der Waals surface area contributed by atoms with Gasteiger partial charge in [0.05, 0.1) is 12.7 Å². The molecule has 3 rings (SSSR count). The second kappa shape index (κ2) is 10.1. The van der Waals surface area contributed by atoms with E-state index in [4.69, 9.17) is 4.74 Å². The summed E-state index contributed by atoms with van der Waals surface area (Å²) in [4.78, 5) is 2.17. The lowest BCUT2D eigenvalue weighted by molar-refractivity contribution is 0.0688. The van der Waals surface area contributed by atoms with Crippen molar-refractivity contribution in [3.63, 3.8) is 0 Å². The van der Waals surface area contributed by atoms with E-state index in [1.54, 1.807) is 0 Å². The number of likely N-dealkylation sites (N-methyl/N-ethyl adjacent to an activating group) is 1. The van der Waals surface area contributed by atoms with E-state index in [2.05, 4.69) is 48.2 Å². The van der Waals surface area contributed by atoms with Gasteiger partial charge in [0.2, 0.25) is 0 Å². The third kappa shape index (κ3) is 5.69. The van der Waals surface area contributed by atoms with Crippen LogP contribution in [0.1, 0.15) is 29.7 Å². The molecule has 0 fully saturated rings. The molecular formula is C25H29NO2. The minimum absolute atomic E-state index is 0.0178. The van der Waals surface area contributed by atoms with Gasteiger partial charge < -0.3 is 9.84 Å². The molecule has 0 aliphatic heterocycles. The number of nitrogens with zero attached hydrogens (tertiary/aromatic N) is 1. The number of aliphatic hydroxyl groups is 1. The third-order valence-corrected chi connectivity index (χ3v) is 5.15. The van der Waals surface area contributed by atoms with E-state index in [0.29, 0.717) is 6.61 Å². The van der Waals surface area contributed by atoms with E-state index in [9.17, 15) is 5.11 Å². The van der Waals surface area contributed by atoms with E-state index >= 15 is 0 Å². The van der Waals surface area contributed by atoms with Crippen molar-refractivity contribution in [1.82, 2.24) is 4.90 Å². The standard InChI is InChI=1S/C25H29NO2/c1-20(25(27)23-11-7-4-8-12-23)26(2)19-22-13-15-24(16-14-22)28-18-17-21-9-5-3-6-10-21/h3-16,20,25,27H,17-19H2,1-2H3. The van der Waals surface area contributed by atoms with Gasteiger partial charge in [0.25, 0.3) is 0 Å². The molecule has 0 saturated heterocycles. The molecule has 3 aromatic rings. The maximum Gasteiger partial charge on any atom is 0.119 e. The van der Waals surface area contributed by atoms with Gasteiger partial charge in [0, 0.05) is 19.0 Å². The summed E-state index contributed by atoms with van der Waals surface area (Å²) in [5.41, 5.74) is 3.43. The molecule has 3 aromatic carbocycles. The van der Waals surface area contributed by atoms with E-state index in [0.717, 1.165) is 24.3 Å². The summed E-state index contributed by atoms with van der Waals surface area (Å²) in [6.07, 6.45) is 0.395. The Balaban J connectivity index is 1.49. The van der Waals surface area contributed by atoms with Gasteiger partial charge in [0.15, 0.2) is 0 Å². The molecule has 2 atom stereocenters. The van der Waals surface area contributed by atoms with Gasteiger partial charge >= 0.3 is 0 Å². The van der Waals surface area contributed by atoms with Crippen LogP contribution in [0.4, 0.5) is 0 Å². The minimum atomic E-state index is -0.508. The van der Waals surface area contributed by atoms with Crippen molar-refractivity contribution in [2.24, 2.45) is 0 Å². The largest absolute Gasteiger partial charge is 0.493 e. The highest BCUT2D eigenvalue weighted by atomic mass is 16.5. The Morgan fingerprint density at radius 2 is 1.43 bits per heavy atom. The third-order valence-electron chi connectivity index (χ3n) is 5.15. The molecule has 28 heavy (non-hydrogen) atoms. The molecule has 0 aromatic heterocycles. The van der Waals surface area contributed by atoms with E-state index in [1.165, 1.54) is 11.1 Å². The monoisotopic (exact) mass is 375 g/mol. The van der Waals surface area contributed by atoms with Gasteiger partial charge in [-0.05, 0) is 42.8 Å². The molecule has 2 unspecified atom stereocenters. The number of hydrogen-bond acceptors (Lipinski definition) is 3. The smallest absolute Gasteiger partial charge is 0.119 e. The van der Waals surface area contributed by atoms with E-state index < -0.39 is 6.10 Å². The van der Waals surface area contributed by atoms with E-state index in [1.807, 2.05) is 55.6 Å². The summed E-state index contributed by atoms with van der Waals surface area (Å²) in [7, 11) is 2.04. The summed E-state index contributed by atoms with van der Waals surface area (Å²) in [6, 6.07) is 28.4. The Hall–Kier alpha value is -2.62. The highest BCUT2D eigenvalue weighted by Crippen LogP contribution is 2.22. The first-order valence-corrected chi connectivity index (χ1v) is 9.82. The second-order valence-electron chi connectivity index (χ2n) is 7.24. The topological polar surface area (TPSA) is 32.7 Å². The van der Waals surface area contributed by atoms with Gasteiger partial charge in [-0.1, -0.05) is 72.8 Å². The Kier molecular flexibility index (Phi) is 7.24. The summed E-state index contributed by atoms with van der Waals surface area (Å²) in [5, 5.41) is 10.6. The number of ether oxygens (including phenoxy) is 1. The van der Waals surface area contributed by atoms with Gasteiger partial charge in [-0.15, -0.1) is 0 Å². The van der Waals surface area contributed by atoms with Gasteiger partial charge in [0.1, 0.15) is 5.75 Å². The van der Waals surface area contributed by atoms with Crippen LogP contribution in [0.5, 0.6) is 5.75 Å². The second-order valence-corrected chi connectivity index (χ2v) is 7.24. The average molecular weight is 376 g/mol. The van der Waals surface area contributed by atoms with Crippen LogP contribution in [0.3, 0.4) is 0 Å². The van der Waals surface area contributed by atoms with Crippen LogP contribution in [-0.4, -0.2) is 29.7 Å². The molecule has 0 aliphatic carbocycles. The summed E-state index contributed by atoms with van der Waals surface area (Å²) in [6.45, 7) is 3.50. The molecule has 3 heteroatoms. The molecule has 0 radical (unpaired) electrons. The SMILES string of the molecule is CC(C(O)c1ccccc1)N(C)Cc1ccc(OCCc2ccccc2)cc1. The first kappa shape index (κ1) is 20.1. The number of benzene rings is 3. The summed E-state index contributed by atoms with van der Waals surface area (Å²) in [5.74, 6) is 0.889. The normalized spacial score (nSPS) is 13.3. The molecule has 0 saturated carbocycles. The fourth-order valence-electron chi connectivity index (χ4n) is 3.22. The van der Waals surface area contributed by atoms with Gasteiger partial charge in [-0.2, -0.15) is 0 Å². The maximum atomic E-state index is 10.6. The lowest BCUT2D eigenvalue weighted by Gasteiger charge is -2.29. The predicted molar refractivity (Wildman–Crippen MR) is 114 cm³/mol. The van der Waals surface area contributed by atoms with Gasteiger partial charge in [-0.3, -0.25) is 4.90 Å². The van der Waals surface area contributed by atoms with Crippen LogP contribution in [-0.2, 0) is 13.0 Å². The van der Waals surface area contributed by atoms with Gasteiger partial charge in [-0.25, -0.2) is 0 Å². The van der Waals surface area contributed by atoms with Crippen molar-refractivity contribution >= 4 is 0 Å². The Bertz CT molecular complexity index is 818. The zero-order valence-electron chi connectivity index (χ0n) is 16.7. The quantitative estimate of drug-likeness (QED) is 0.580. The van der Waals surface area contributed by atoms with Crippen molar-refractivity contribution in [1.29, 1.82) is 0 Å². The fraction of sp³-hybridized carbons (Fsp3) is 0.280. The van der Waals surface area contributed by atoms with Crippen molar-refractivity contribution in [2.45, 2.75) is 32.0 Å². The molecule has 146 valence electrons. The summed E-state index contributed by atoms with van der Waals surface area (Å²) < 4.78 is 5.86. The number of hydrogen-bond donors (Lipinski definition) is 1. The number of rotatable bonds is 9. The average Bonchev–Trinajstić information content (AvgIpc) is 2.75. The van der Waals surface area contributed by atoms with Crippen LogP contribution in [0.2, 0.25) is 0 Å². The van der Waals surface area contributed by atoms with Crippen LogP contribution in [0.25, 0.3) is 0 Å². The molecule has 1 N–H and O–H groups in total. The lowest BCUT2D eigenvalue weighted by Crippen LogP contribution is -2.33. The molecule has 0 bridgehead atoms. The highest BCUT2D eigenvalue weighted by Gasteiger charge is 2.20. The maximum absolute atomic E-state index is 10.6. The van der Waals surface area contributed by atoms with Crippen LogP contribution < -0.4 is 4.74 Å². The first-order valence-electron chi connectivity index (χ1n) is 9.82. The molecule has 3 nitrogen and oxygen atoms in total. The van der Waals surface area contributed by atoms with Crippen molar-refractivity contribution in [3.8, 4) is 5.75 Å². The zero-order valence-corrected chi connectivity index (χ0v) is 16.7. The van der Waals surface area contributed by atoms with Crippen molar-refractivity contribution in [3.05, 3.63) is 102 Å². The van der Waals surface area contributed by atoms with E-state index in [-0.39, 0.29) is 6.04 Å². The fourth-order valence-corrected chi connectivity index (χ4v) is 3.22. The molecular weight excluding hydrogens is 346 g/mol. The Labute approximate surface area is 168 Å².